The van der Waals surface area contributed by atoms with Crippen LogP contribution >= 0.6 is 0 Å². The molecule has 1 aromatic rings. The van der Waals surface area contributed by atoms with E-state index in [1.54, 1.807) is 45.0 Å². The molecule has 0 saturated heterocycles. The quantitative estimate of drug-likeness (QED) is 0.365. The van der Waals surface area contributed by atoms with Crippen LogP contribution in [0.5, 0.6) is 0 Å². The number of nitrogens with one attached hydrogen (secondary N) is 2. The van der Waals surface area contributed by atoms with E-state index in [0.29, 0.717) is 19.3 Å². The largest absolute Gasteiger partial charge is 0.481 e. The van der Waals surface area contributed by atoms with Crippen LogP contribution in [0.3, 0.4) is 0 Å². The molecule has 1 aliphatic rings. The molecule has 1 aromatic carbocycles. The van der Waals surface area contributed by atoms with E-state index in [4.69, 9.17) is 10.5 Å². The zero-order valence-corrected chi connectivity index (χ0v) is 21.9. The predicted molar refractivity (Wildman–Crippen MR) is 135 cm³/mol. The number of hydrogen-bond donors (Lipinski definition) is 4. The monoisotopic (exact) mass is 518 g/mol. The minimum Gasteiger partial charge on any atom is -0.481 e. The smallest absolute Gasteiger partial charge is 0.408 e. The van der Waals surface area contributed by atoms with E-state index in [9.17, 15) is 29.1 Å². The molecule has 4 atom stereocenters. The van der Waals surface area contributed by atoms with Crippen LogP contribution in [0.1, 0.15) is 58.4 Å². The third-order valence-electron chi connectivity index (χ3n) is 6.15. The Hall–Kier alpha value is -3.63. The minimum absolute atomic E-state index is 0.122. The Morgan fingerprint density at radius 1 is 1.14 bits per heavy atom. The molecule has 0 unspecified atom stereocenters. The molecule has 2 rings (SSSR count). The van der Waals surface area contributed by atoms with Crippen LogP contribution in [0, 0.1) is 5.92 Å². The first-order chi connectivity index (χ1) is 17.3. The molecule has 204 valence electrons. The average molecular weight is 519 g/mol. The van der Waals surface area contributed by atoms with Gasteiger partial charge in [-0.15, -0.1) is 0 Å². The molecular formula is C26H38N4O7. The maximum Gasteiger partial charge on any atom is 0.408 e. The second-order valence-corrected chi connectivity index (χ2v) is 10.4. The van der Waals surface area contributed by atoms with Gasteiger partial charge in [-0.3, -0.25) is 19.2 Å². The SMILES string of the molecule is CN(C(=O)[C@@H](Cc1ccccc1)NC(=O)OC(C)(C)C)[C@@H](CC(N)=O)C(=O)N[C@@H]1CCC[C@H](C(=O)O)C1. The minimum atomic E-state index is -1.24. The molecule has 37 heavy (non-hydrogen) atoms. The van der Waals surface area contributed by atoms with Gasteiger partial charge in [0, 0.05) is 19.5 Å². The lowest BCUT2D eigenvalue weighted by Gasteiger charge is -2.33. The fourth-order valence-electron chi connectivity index (χ4n) is 4.34. The van der Waals surface area contributed by atoms with E-state index < -0.39 is 65.8 Å². The van der Waals surface area contributed by atoms with Gasteiger partial charge in [0.1, 0.15) is 17.7 Å². The number of amides is 4. The van der Waals surface area contributed by atoms with Gasteiger partial charge in [-0.25, -0.2) is 4.79 Å². The standard InChI is InChI=1S/C26H38N4O7/c1-26(2,3)37-25(36)29-19(13-16-9-6-5-7-10-16)23(33)30(4)20(15-21(27)31)22(32)28-18-12-8-11-17(14-18)24(34)35/h5-7,9-10,17-20H,8,11-15H2,1-4H3,(H2,27,31)(H,28,32)(H,29,36)(H,34,35)/t17-,18+,19+,20-/m0/s1. The maximum atomic E-state index is 13.6. The Kier molecular flexibility index (Phi) is 10.5. The highest BCUT2D eigenvalue weighted by Gasteiger charge is 2.36. The Bertz CT molecular complexity index is 977. The van der Waals surface area contributed by atoms with Gasteiger partial charge in [-0.05, 0) is 45.6 Å². The summed E-state index contributed by atoms with van der Waals surface area (Å²) in [7, 11) is 1.37. The topological polar surface area (TPSA) is 168 Å². The molecule has 11 heteroatoms. The zero-order valence-electron chi connectivity index (χ0n) is 21.9. The molecule has 5 N–H and O–H groups in total. The third-order valence-corrected chi connectivity index (χ3v) is 6.15. The van der Waals surface area contributed by atoms with Crippen LogP contribution in [0.25, 0.3) is 0 Å². The Balaban J connectivity index is 2.23. The maximum absolute atomic E-state index is 13.6. The number of carboxylic acids is 1. The predicted octanol–water partition coefficient (Wildman–Crippen LogP) is 1.58. The van der Waals surface area contributed by atoms with E-state index in [-0.39, 0.29) is 12.8 Å². The van der Waals surface area contributed by atoms with Gasteiger partial charge >= 0.3 is 12.1 Å². The molecule has 1 saturated carbocycles. The number of aliphatic carboxylic acids is 1. The molecule has 1 fully saturated rings. The number of carboxylic acid groups (broad SMARTS) is 1. The van der Waals surface area contributed by atoms with Crippen molar-refractivity contribution in [2.45, 2.75) is 83.0 Å². The average Bonchev–Trinajstić information content (AvgIpc) is 2.80. The van der Waals surface area contributed by atoms with Crippen LogP contribution in [0.2, 0.25) is 0 Å². The summed E-state index contributed by atoms with van der Waals surface area (Å²) in [5.74, 6) is -3.49. The molecule has 11 nitrogen and oxygen atoms in total. The van der Waals surface area contributed by atoms with Crippen molar-refractivity contribution in [3.8, 4) is 0 Å². The van der Waals surface area contributed by atoms with Crippen LogP contribution in [0.4, 0.5) is 4.79 Å². The molecule has 4 amide bonds. The Morgan fingerprint density at radius 3 is 2.35 bits per heavy atom. The first kappa shape index (κ1) is 29.6. The summed E-state index contributed by atoms with van der Waals surface area (Å²) in [6.45, 7) is 5.08. The van der Waals surface area contributed by atoms with Crippen molar-refractivity contribution < 1.29 is 33.8 Å². The second-order valence-electron chi connectivity index (χ2n) is 10.4. The zero-order chi connectivity index (χ0) is 27.8. The van der Waals surface area contributed by atoms with Gasteiger partial charge in [0.25, 0.3) is 0 Å². The Morgan fingerprint density at radius 2 is 1.78 bits per heavy atom. The number of carbonyl (C=O) groups excluding carboxylic acids is 4. The number of ether oxygens (including phenoxy) is 1. The van der Waals surface area contributed by atoms with Crippen molar-refractivity contribution >= 4 is 29.8 Å². The highest BCUT2D eigenvalue weighted by molar-refractivity contribution is 5.94. The molecule has 0 heterocycles. The van der Waals surface area contributed by atoms with Gasteiger partial charge in [0.15, 0.2) is 0 Å². The molecule has 0 radical (unpaired) electrons. The molecule has 1 aliphatic carbocycles. The normalized spacial score (nSPS) is 19.1. The highest BCUT2D eigenvalue weighted by atomic mass is 16.6. The number of nitrogens with two attached hydrogens (primary N) is 1. The highest BCUT2D eigenvalue weighted by Crippen LogP contribution is 2.25. The van der Waals surface area contributed by atoms with Crippen molar-refractivity contribution in [3.63, 3.8) is 0 Å². The number of likely N-dealkylation sites (N-methyl/N-ethyl adjacent to an activating group) is 1. The second kappa shape index (κ2) is 13.1. The number of carbonyl (C=O) groups is 5. The van der Waals surface area contributed by atoms with Gasteiger partial charge in [0.2, 0.25) is 17.7 Å². The number of hydrogen-bond acceptors (Lipinski definition) is 6. The van der Waals surface area contributed by atoms with Gasteiger partial charge < -0.3 is 31.1 Å². The summed E-state index contributed by atoms with van der Waals surface area (Å²) < 4.78 is 5.32. The first-order valence-electron chi connectivity index (χ1n) is 12.4. The fourth-order valence-corrected chi connectivity index (χ4v) is 4.34. The van der Waals surface area contributed by atoms with Gasteiger partial charge in [-0.2, -0.15) is 0 Å². The number of primary amides is 1. The Labute approximate surface area is 217 Å². The lowest BCUT2D eigenvalue weighted by molar-refractivity contribution is -0.144. The van der Waals surface area contributed by atoms with Crippen molar-refractivity contribution in [3.05, 3.63) is 35.9 Å². The number of benzene rings is 1. The van der Waals surface area contributed by atoms with Gasteiger partial charge in [-0.1, -0.05) is 36.8 Å². The summed E-state index contributed by atoms with van der Waals surface area (Å²) in [6.07, 6.45) is 0.906. The number of alkyl carbamates (subject to hydrolysis) is 1. The summed E-state index contributed by atoms with van der Waals surface area (Å²) in [4.78, 5) is 63.6. The van der Waals surface area contributed by atoms with E-state index in [1.807, 2.05) is 6.07 Å². The lowest BCUT2D eigenvalue weighted by atomic mass is 9.85. The molecule has 0 spiro atoms. The lowest BCUT2D eigenvalue weighted by Crippen LogP contribution is -2.57. The van der Waals surface area contributed by atoms with Crippen LogP contribution in [-0.4, -0.2) is 70.6 Å². The third kappa shape index (κ3) is 9.74. The van der Waals surface area contributed by atoms with Crippen molar-refractivity contribution in [1.29, 1.82) is 0 Å². The fraction of sp³-hybridized carbons (Fsp3) is 0.577. The van der Waals surface area contributed by atoms with Crippen molar-refractivity contribution in [1.82, 2.24) is 15.5 Å². The van der Waals surface area contributed by atoms with Crippen molar-refractivity contribution in [2.75, 3.05) is 7.05 Å². The number of rotatable bonds is 10. The summed E-state index contributed by atoms with van der Waals surface area (Å²) in [5, 5.41) is 14.7. The molecule has 0 aromatic heterocycles. The molecule has 0 bridgehead atoms. The van der Waals surface area contributed by atoms with Crippen molar-refractivity contribution in [2.24, 2.45) is 11.7 Å². The van der Waals surface area contributed by atoms with E-state index >= 15 is 0 Å². The van der Waals surface area contributed by atoms with Crippen LogP contribution in [0.15, 0.2) is 30.3 Å². The van der Waals surface area contributed by atoms with Crippen LogP contribution < -0.4 is 16.4 Å². The molecular weight excluding hydrogens is 480 g/mol. The summed E-state index contributed by atoms with van der Waals surface area (Å²) in [6, 6.07) is 6.28. The summed E-state index contributed by atoms with van der Waals surface area (Å²) >= 11 is 0. The number of nitrogens with zero attached hydrogens (tertiary/aromatic N) is 1. The molecule has 0 aliphatic heterocycles. The van der Waals surface area contributed by atoms with E-state index in [1.165, 1.54) is 7.05 Å². The summed E-state index contributed by atoms with van der Waals surface area (Å²) in [5.41, 5.74) is 5.36. The van der Waals surface area contributed by atoms with E-state index in [0.717, 1.165) is 10.5 Å². The first-order valence-corrected chi connectivity index (χ1v) is 12.4. The van der Waals surface area contributed by atoms with Crippen LogP contribution in [-0.2, 0) is 30.3 Å². The van der Waals surface area contributed by atoms with E-state index in [2.05, 4.69) is 10.6 Å². The van der Waals surface area contributed by atoms with Gasteiger partial charge in [0.05, 0.1) is 12.3 Å².